The number of primary amides is 1. The number of thiophene rings is 1. The van der Waals surface area contributed by atoms with Crippen molar-refractivity contribution in [3.05, 3.63) is 45.8 Å². The fraction of sp³-hybridized carbons (Fsp3) is 0.391. The van der Waals surface area contributed by atoms with Gasteiger partial charge < -0.3 is 30.2 Å². The maximum Gasteiger partial charge on any atom is 0.341 e. The van der Waals surface area contributed by atoms with E-state index in [1.807, 2.05) is 26.0 Å². The van der Waals surface area contributed by atoms with E-state index in [9.17, 15) is 19.2 Å². The van der Waals surface area contributed by atoms with Crippen molar-refractivity contribution in [2.24, 2.45) is 5.73 Å². The molecule has 1 heterocycles. The Kier molecular flexibility index (Phi) is 10.0. The molecule has 0 spiro atoms. The summed E-state index contributed by atoms with van der Waals surface area (Å²) in [4.78, 5) is 51.2. The number of carbonyl (C=O) groups excluding carboxylic acids is 4. The molecule has 0 aliphatic carbocycles. The van der Waals surface area contributed by atoms with Crippen LogP contribution in [0.15, 0.2) is 24.3 Å². The molecule has 3 N–H and O–H groups in total. The lowest BCUT2D eigenvalue weighted by Crippen LogP contribution is -2.22. The average Bonchev–Trinajstić information content (AvgIpc) is 3.14. The van der Waals surface area contributed by atoms with Crippen molar-refractivity contribution in [3.63, 3.8) is 0 Å². The Balaban J connectivity index is 2.06. The Bertz CT molecular complexity index is 1030. The van der Waals surface area contributed by atoms with Gasteiger partial charge in [0.25, 0.3) is 11.8 Å². The number of anilines is 2. The number of nitrogens with zero attached hydrogens (tertiary/aromatic N) is 1. The minimum atomic E-state index is -0.742. The number of nitrogens with two attached hydrogens (primary N) is 1. The first-order valence-electron chi connectivity index (χ1n) is 10.6. The van der Waals surface area contributed by atoms with Crippen molar-refractivity contribution in [2.75, 3.05) is 50.2 Å². The van der Waals surface area contributed by atoms with E-state index in [1.165, 1.54) is 14.0 Å². The molecule has 0 radical (unpaired) electrons. The van der Waals surface area contributed by atoms with Gasteiger partial charge in [-0.2, -0.15) is 0 Å². The van der Waals surface area contributed by atoms with E-state index in [-0.39, 0.29) is 28.7 Å². The SMILES string of the molecule is CCN(CC)c1ccc(C(=O)OCC(=O)Nc2sc(C(N)=O)c(C)c2C(=O)OCCOC)cc1. The van der Waals surface area contributed by atoms with Crippen LogP contribution in [0.3, 0.4) is 0 Å². The number of nitrogens with one attached hydrogen (secondary N) is 1. The Morgan fingerprint density at radius 1 is 1.00 bits per heavy atom. The van der Waals surface area contributed by atoms with Gasteiger partial charge in [0.2, 0.25) is 0 Å². The normalized spacial score (nSPS) is 10.5. The molecule has 0 aliphatic heterocycles. The number of carbonyl (C=O) groups is 4. The molecule has 0 bridgehead atoms. The monoisotopic (exact) mass is 491 g/mol. The second kappa shape index (κ2) is 12.7. The zero-order chi connectivity index (χ0) is 25.3. The van der Waals surface area contributed by atoms with E-state index in [2.05, 4.69) is 10.2 Å². The molecule has 34 heavy (non-hydrogen) atoms. The Labute approximate surface area is 202 Å². The molecule has 1 aromatic heterocycles. The van der Waals surface area contributed by atoms with Crippen molar-refractivity contribution in [3.8, 4) is 0 Å². The van der Waals surface area contributed by atoms with Crippen LogP contribution in [0.4, 0.5) is 10.7 Å². The molecule has 0 saturated carbocycles. The molecule has 10 nitrogen and oxygen atoms in total. The molecule has 2 aromatic rings. The molecule has 2 amide bonds. The standard InChI is InChI=1S/C23H29N3O7S/c1-5-26(6-2)16-9-7-15(8-10-16)22(29)33-13-17(27)25-21-18(23(30)32-12-11-31-4)14(3)19(34-21)20(24)28/h7-10H,5-6,11-13H2,1-4H3,(H2,24,28)(H,25,27). The van der Waals surface area contributed by atoms with E-state index in [0.29, 0.717) is 11.1 Å². The van der Waals surface area contributed by atoms with Gasteiger partial charge in [-0.1, -0.05) is 0 Å². The van der Waals surface area contributed by atoms with Gasteiger partial charge in [-0.05, 0) is 50.6 Å². The van der Waals surface area contributed by atoms with Gasteiger partial charge >= 0.3 is 11.9 Å². The number of hydrogen-bond acceptors (Lipinski definition) is 9. The number of methoxy groups -OCH3 is 1. The van der Waals surface area contributed by atoms with E-state index in [1.54, 1.807) is 12.1 Å². The summed E-state index contributed by atoms with van der Waals surface area (Å²) in [6.45, 7) is 6.87. The molecule has 2 rings (SSSR count). The Morgan fingerprint density at radius 2 is 1.65 bits per heavy atom. The highest BCUT2D eigenvalue weighted by atomic mass is 32.1. The first-order valence-corrected chi connectivity index (χ1v) is 11.5. The zero-order valence-corrected chi connectivity index (χ0v) is 20.5. The summed E-state index contributed by atoms with van der Waals surface area (Å²) < 4.78 is 15.1. The Hall–Kier alpha value is -3.44. The van der Waals surface area contributed by atoms with Gasteiger partial charge in [-0.15, -0.1) is 11.3 Å². The third kappa shape index (κ3) is 6.78. The van der Waals surface area contributed by atoms with E-state index in [0.717, 1.165) is 30.1 Å². The molecule has 184 valence electrons. The lowest BCUT2D eigenvalue weighted by Gasteiger charge is -2.20. The quantitative estimate of drug-likeness (QED) is 0.341. The fourth-order valence-corrected chi connectivity index (χ4v) is 4.21. The van der Waals surface area contributed by atoms with Crippen LogP contribution in [0.25, 0.3) is 0 Å². The lowest BCUT2D eigenvalue weighted by atomic mass is 10.1. The van der Waals surface area contributed by atoms with Gasteiger partial charge in [-0.3, -0.25) is 9.59 Å². The van der Waals surface area contributed by atoms with E-state index < -0.39 is 30.4 Å². The van der Waals surface area contributed by atoms with Gasteiger partial charge in [0.15, 0.2) is 6.61 Å². The van der Waals surface area contributed by atoms with Crippen molar-refractivity contribution in [1.29, 1.82) is 0 Å². The maximum atomic E-state index is 12.5. The predicted octanol–water partition coefficient (Wildman–Crippen LogP) is 2.60. The second-order valence-corrected chi connectivity index (χ2v) is 8.12. The first kappa shape index (κ1) is 26.8. The second-order valence-electron chi connectivity index (χ2n) is 7.10. The largest absolute Gasteiger partial charge is 0.460 e. The summed E-state index contributed by atoms with van der Waals surface area (Å²) >= 11 is 0.846. The summed E-state index contributed by atoms with van der Waals surface area (Å²) in [5.41, 5.74) is 6.96. The van der Waals surface area contributed by atoms with Crippen molar-refractivity contribution in [2.45, 2.75) is 20.8 Å². The molecule has 0 fully saturated rings. The maximum absolute atomic E-state index is 12.5. The topological polar surface area (TPSA) is 137 Å². The third-order valence-corrected chi connectivity index (χ3v) is 6.14. The summed E-state index contributed by atoms with van der Waals surface area (Å²) in [6.07, 6.45) is 0. The molecule has 0 unspecified atom stereocenters. The molecule has 0 saturated heterocycles. The molecular weight excluding hydrogens is 462 g/mol. The van der Waals surface area contributed by atoms with Crippen LogP contribution < -0.4 is 16.0 Å². The van der Waals surface area contributed by atoms with Crippen LogP contribution in [-0.4, -0.2) is 63.8 Å². The number of ether oxygens (including phenoxy) is 3. The highest BCUT2D eigenvalue weighted by Crippen LogP contribution is 2.33. The molecule has 0 aliphatic rings. The minimum absolute atomic E-state index is 0.00537. The van der Waals surface area contributed by atoms with Crippen LogP contribution in [0.5, 0.6) is 0 Å². The van der Waals surface area contributed by atoms with Crippen molar-refractivity contribution in [1.82, 2.24) is 0 Å². The first-order chi connectivity index (χ1) is 16.2. The van der Waals surface area contributed by atoms with Crippen LogP contribution in [0.2, 0.25) is 0 Å². The van der Waals surface area contributed by atoms with E-state index >= 15 is 0 Å². The average molecular weight is 492 g/mol. The summed E-state index contributed by atoms with van der Waals surface area (Å²) in [5.74, 6) is -2.83. The summed E-state index contributed by atoms with van der Waals surface area (Å²) in [6, 6.07) is 6.88. The van der Waals surface area contributed by atoms with Crippen molar-refractivity contribution < 1.29 is 33.4 Å². The highest BCUT2D eigenvalue weighted by Gasteiger charge is 2.26. The molecule has 11 heteroatoms. The third-order valence-electron chi connectivity index (χ3n) is 4.91. The molecular formula is C23H29N3O7S. The van der Waals surface area contributed by atoms with Crippen molar-refractivity contribution >= 4 is 45.8 Å². The summed E-state index contributed by atoms with van der Waals surface area (Å²) in [5, 5.41) is 2.58. The van der Waals surface area contributed by atoms with Crippen LogP contribution in [0.1, 0.15) is 49.8 Å². The van der Waals surface area contributed by atoms with Gasteiger partial charge in [-0.25, -0.2) is 9.59 Å². The molecule has 0 atom stereocenters. The number of amides is 2. The number of hydrogen-bond donors (Lipinski definition) is 2. The minimum Gasteiger partial charge on any atom is -0.460 e. The van der Waals surface area contributed by atoms with Gasteiger partial charge in [0.1, 0.15) is 11.6 Å². The van der Waals surface area contributed by atoms with Crippen LogP contribution in [-0.2, 0) is 19.0 Å². The fourth-order valence-electron chi connectivity index (χ4n) is 3.15. The Morgan fingerprint density at radius 3 is 2.21 bits per heavy atom. The number of benzene rings is 1. The zero-order valence-electron chi connectivity index (χ0n) is 19.6. The lowest BCUT2D eigenvalue weighted by molar-refractivity contribution is -0.119. The summed E-state index contributed by atoms with van der Waals surface area (Å²) in [7, 11) is 1.46. The van der Waals surface area contributed by atoms with Gasteiger partial charge in [0.05, 0.1) is 22.6 Å². The van der Waals surface area contributed by atoms with Gasteiger partial charge in [0, 0.05) is 25.9 Å². The molecule has 1 aromatic carbocycles. The number of rotatable bonds is 12. The number of esters is 2. The smallest absolute Gasteiger partial charge is 0.341 e. The van der Waals surface area contributed by atoms with Crippen LogP contribution in [0, 0.1) is 6.92 Å². The van der Waals surface area contributed by atoms with E-state index in [4.69, 9.17) is 19.9 Å². The highest BCUT2D eigenvalue weighted by molar-refractivity contribution is 7.18. The predicted molar refractivity (Wildman–Crippen MR) is 129 cm³/mol. The van der Waals surface area contributed by atoms with Crippen LogP contribution >= 0.6 is 11.3 Å².